The molecule has 1 aromatic rings. The van der Waals surface area contributed by atoms with Crippen LogP contribution in [-0.4, -0.2) is 24.8 Å². The molecule has 1 aliphatic rings. The van der Waals surface area contributed by atoms with Gasteiger partial charge in [-0.3, -0.25) is 0 Å². The lowest BCUT2D eigenvalue weighted by atomic mass is 9.80. The molecule has 1 aromatic carbocycles. The van der Waals surface area contributed by atoms with Crippen LogP contribution in [0.4, 0.5) is 9.18 Å². The van der Waals surface area contributed by atoms with E-state index >= 15 is 0 Å². The van der Waals surface area contributed by atoms with E-state index in [4.69, 9.17) is 4.74 Å². The molecule has 5 heteroatoms. The number of carbonyl (C=O) groups excluding carboxylic acids is 1. The van der Waals surface area contributed by atoms with Crippen LogP contribution >= 0.6 is 0 Å². The van der Waals surface area contributed by atoms with Crippen molar-refractivity contribution in [3.63, 3.8) is 0 Å². The van der Waals surface area contributed by atoms with Gasteiger partial charge in [-0.2, -0.15) is 0 Å². The van der Waals surface area contributed by atoms with Crippen LogP contribution in [0.3, 0.4) is 0 Å². The van der Waals surface area contributed by atoms with E-state index in [0.29, 0.717) is 12.1 Å². The maximum atomic E-state index is 13.9. The summed E-state index contributed by atoms with van der Waals surface area (Å²) < 4.78 is 19.1. The monoisotopic (exact) mass is 280 g/mol. The second-order valence-corrected chi connectivity index (χ2v) is 6.09. The summed E-state index contributed by atoms with van der Waals surface area (Å²) in [5.74, 6) is -0.259. The number of alkyl carbamates (subject to hydrolysis) is 1. The first-order valence-electron chi connectivity index (χ1n) is 6.79. The molecule has 1 heterocycles. The third-order valence-electron chi connectivity index (χ3n) is 3.34. The van der Waals surface area contributed by atoms with Gasteiger partial charge in [0.2, 0.25) is 0 Å². The standard InChI is InChI=1S/C15H21FN2O2/c1-14(2,3)20-13(19)17-10-15(8-9-18-15)11-6-4-5-7-12(11)16/h4-7,18H,8-10H2,1-3H3,(H,17,19). The number of halogens is 1. The number of nitrogens with one attached hydrogen (secondary N) is 2. The fourth-order valence-electron chi connectivity index (χ4n) is 2.29. The molecule has 1 aliphatic heterocycles. The smallest absolute Gasteiger partial charge is 0.407 e. The normalized spacial score (nSPS) is 22.0. The van der Waals surface area contributed by atoms with Crippen LogP contribution in [0.5, 0.6) is 0 Å². The summed E-state index contributed by atoms with van der Waals surface area (Å²) in [5.41, 5.74) is -0.479. The molecule has 0 bridgehead atoms. The van der Waals surface area contributed by atoms with Crippen molar-refractivity contribution in [1.82, 2.24) is 10.6 Å². The van der Waals surface area contributed by atoms with E-state index in [1.807, 2.05) is 0 Å². The minimum Gasteiger partial charge on any atom is -0.444 e. The van der Waals surface area contributed by atoms with Crippen LogP contribution in [0.2, 0.25) is 0 Å². The Morgan fingerprint density at radius 2 is 2.10 bits per heavy atom. The van der Waals surface area contributed by atoms with Gasteiger partial charge in [-0.1, -0.05) is 18.2 Å². The lowest BCUT2D eigenvalue weighted by Crippen LogP contribution is -2.60. The molecule has 0 aromatic heterocycles. The third kappa shape index (κ3) is 3.28. The molecule has 1 saturated heterocycles. The van der Waals surface area contributed by atoms with Gasteiger partial charge in [0, 0.05) is 12.1 Å². The zero-order chi connectivity index (χ0) is 14.8. The third-order valence-corrected chi connectivity index (χ3v) is 3.34. The van der Waals surface area contributed by atoms with Gasteiger partial charge in [0.25, 0.3) is 0 Å². The van der Waals surface area contributed by atoms with Gasteiger partial charge in [0.15, 0.2) is 0 Å². The predicted molar refractivity (Wildman–Crippen MR) is 74.9 cm³/mol. The molecular formula is C15H21FN2O2. The van der Waals surface area contributed by atoms with Crippen LogP contribution in [0.25, 0.3) is 0 Å². The molecule has 1 atom stereocenters. The van der Waals surface area contributed by atoms with Gasteiger partial charge < -0.3 is 15.4 Å². The molecule has 4 nitrogen and oxygen atoms in total. The molecule has 0 spiro atoms. The van der Waals surface area contributed by atoms with Crippen LogP contribution < -0.4 is 10.6 Å². The predicted octanol–water partition coefficient (Wildman–Crippen LogP) is 2.54. The molecule has 1 amide bonds. The Balaban J connectivity index is 2.03. The van der Waals surface area contributed by atoms with Crippen molar-refractivity contribution in [3.05, 3.63) is 35.6 Å². The molecule has 20 heavy (non-hydrogen) atoms. The van der Waals surface area contributed by atoms with Crippen LogP contribution in [0, 0.1) is 5.82 Å². The quantitative estimate of drug-likeness (QED) is 0.894. The molecule has 110 valence electrons. The van der Waals surface area contributed by atoms with Crippen molar-refractivity contribution in [2.75, 3.05) is 13.1 Å². The minimum absolute atomic E-state index is 0.259. The number of carbonyl (C=O) groups is 1. The van der Waals surface area contributed by atoms with Crippen LogP contribution in [-0.2, 0) is 10.3 Å². The Kier molecular flexibility index (Phi) is 3.99. The van der Waals surface area contributed by atoms with Gasteiger partial charge in [-0.15, -0.1) is 0 Å². The Bertz CT molecular complexity index is 493. The Hall–Kier alpha value is -1.62. The molecule has 2 N–H and O–H groups in total. The van der Waals surface area contributed by atoms with Crippen molar-refractivity contribution in [2.24, 2.45) is 0 Å². The summed E-state index contributed by atoms with van der Waals surface area (Å²) in [6.07, 6.45) is 0.297. The fourth-order valence-corrected chi connectivity index (χ4v) is 2.29. The van der Waals surface area contributed by atoms with Gasteiger partial charge in [0.05, 0.1) is 5.54 Å². The number of amides is 1. The maximum Gasteiger partial charge on any atom is 0.407 e. The number of ether oxygens (including phenoxy) is 1. The van der Waals surface area contributed by atoms with E-state index in [-0.39, 0.29) is 5.82 Å². The van der Waals surface area contributed by atoms with Gasteiger partial charge in [-0.05, 0) is 39.8 Å². The van der Waals surface area contributed by atoms with Gasteiger partial charge in [-0.25, -0.2) is 9.18 Å². The summed E-state index contributed by atoms with van der Waals surface area (Å²) in [7, 11) is 0. The van der Waals surface area contributed by atoms with Crippen molar-refractivity contribution in [3.8, 4) is 0 Å². The summed E-state index contributed by atoms with van der Waals surface area (Å²) in [6.45, 7) is 6.54. The van der Waals surface area contributed by atoms with Gasteiger partial charge >= 0.3 is 6.09 Å². The zero-order valence-corrected chi connectivity index (χ0v) is 12.1. The molecule has 1 unspecified atom stereocenters. The molecule has 0 radical (unpaired) electrons. The highest BCUT2D eigenvalue weighted by Gasteiger charge is 2.40. The highest BCUT2D eigenvalue weighted by atomic mass is 19.1. The fraction of sp³-hybridized carbons (Fsp3) is 0.533. The van der Waals surface area contributed by atoms with E-state index < -0.39 is 17.2 Å². The average Bonchev–Trinajstić information content (AvgIpc) is 2.27. The van der Waals surface area contributed by atoms with E-state index in [1.165, 1.54) is 6.07 Å². The molecule has 0 aliphatic carbocycles. The van der Waals surface area contributed by atoms with Crippen LogP contribution in [0.15, 0.2) is 24.3 Å². The zero-order valence-electron chi connectivity index (χ0n) is 12.1. The van der Waals surface area contributed by atoms with E-state index in [1.54, 1.807) is 39.0 Å². The SMILES string of the molecule is CC(C)(C)OC(=O)NCC1(c2ccccc2F)CCN1. The Morgan fingerprint density at radius 1 is 1.45 bits per heavy atom. The first-order valence-corrected chi connectivity index (χ1v) is 6.79. The first-order chi connectivity index (χ1) is 9.32. The van der Waals surface area contributed by atoms with Crippen molar-refractivity contribution in [1.29, 1.82) is 0 Å². The first kappa shape index (κ1) is 14.8. The second-order valence-electron chi connectivity index (χ2n) is 6.09. The summed E-state index contributed by atoms with van der Waals surface area (Å²) in [4.78, 5) is 11.7. The van der Waals surface area contributed by atoms with E-state index in [2.05, 4.69) is 10.6 Å². The molecular weight excluding hydrogens is 259 g/mol. The molecule has 0 saturated carbocycles. The number of hydrogen-bond acceptors (Lipinski definition) is 3. The Labute approximate surface area is 118 Å². The lowest BCUT2D eigenvalue weighted by Gasteiger charge is -2.44. The number of benzene rings is 1. The topological polar surface area (TPSA) is 50.4 Å². The minimum atomic E-state index is -0.539. The maximum absolute atomic E-state index is 13.9. The largest absolute Gasteiger partial charge is 0.444 e. The molecule has 1 fully saturated rings. The summed E-state index contributed by atoms with van der Waals surface area (Å²) in [5, 5.41) is 5.94. The van der Waals surface area contributed by atoms with Crippen molar-refractivity contribution in [2.45, 2.75) is 38.3 Å². The summed E-state index contributed by atoms with van der Waals surface area (Å²) >= 11 is 0. The lowest BCUT2D eigenvalue weighted by molar-refractivity contribution is 0.0489. The molecule has 2 rings (SSSR count). The Morgan fingerprint density at radius 3 is 2.60 bits per heavy atom. The van der Waals surface area contributed by atoms with Crippen molar-refractivity contribution >= 4 is 6.09 Å². The second kappa shape index (κ2) is 5.40. The van der Waals surface area contributed by atoms with Gasteiger partial charge in [0.1, 0.15) is 11.4 Å². The van der Waals surface area contributed by atoms with Crippen molar-refractivity contribution < 1.29 is 13.9 Å². The summed E-state index contributed by atoms with van der Waals surface area (Å²) in [6, 6.07) is 6.64. The highest BCUT2D eigenvalue weighted by Crippen LogP contribution is 2.32. The average molecular weight is 280 g/mol. The van der Waals surface area contributed by atoms with E-state index in [9.17, 15) is 9.18 Å². The van der Waals surface area contributed by atoms with Crippen LogP contribution in [0.1, 0.15) is 32.8 Å². The highest BCUT2D eigenvalue weighted by molar-refractivity contribution is 5.67. The number of rotatable bonds is 3. The van der Waals surface area contributed by atoms with E-state index in [0.717, 1.165) is 13.0 Å². The number of hydrogen-bond donors (Lipinski definition) is 2.